The Kier molecular flexibility index (Phi) is 7.87. The molecule has 0 aliphatic rings. The van der Waals surface area contributed by atoms with E-state index in [1.807, 2.05) is 0 Å². The summed E-state index contributed by atoms with van der Waals surface area (Å²) in [6.45, 7) is 0.437. The van der Waals surface area contributed by atoms with Crippen LogP contribution in [0.4, 0.5) is 0 Å². The minimum absolute atomic E-state index is 0.165. The third-order valence-electron chi connectivity index (χ3n) is 3.61. The van der Waals surface area contributed by atoms with Gasteiger partial charge >= 0.3 is 11.9 Å². The van der Waals surface area contributed by atoms with E-state index in [0.29, 0.717) is 0 Å². The molecule has 2 aromatic rings. The quantitative estimate of drug-likeness (QED) is 0.384. The minimum Gasteiger partial charge on any atom is -0.479 e. The van der Waals surface area contributed by atoms with Crippen molar-refractivity contribution in [3.63, 3.8) is 0 Å². The molecule has 0 saturated carbocycles. The zero-order valence-electron chi connectivity index (χ0n) is 15.9. The van der Waals surface area contributed by atoms with Gasteiger partial charge in [0.25, 0.3) is 14.5 Å². The maximum absolute atomic E-state index is 13.0. The first-order valence-corrected chi connectivity index (χ1v) is 12.4. The Labute approximate surface area is 182 Å². The van der Waals surface area contributed by atoms with Crippen molar-refractivity contribution in [1.29, 1.82) is 0 Å². The monoisotopic (exact) mass is 492 g/mol. The molecule has 1 atom stereocenters. The van der Waals surface area contributed by atoms with Crippen LogP contribution in [0.25, 0.3) is 0 Å². The van der Waals surface area contributed by atoms with E-state index in [0.717, 1.165) is 18.2 Å². The Hall–Kier alpha value is -2.83. The van der Waals surface area contributed by atoms with Crippen molar-refractivity contribution < 1.29 is 45.7 Å². The summed E-state index contributed by atoms with van der Waals surface area (Å²) in [6.07, 6.45) is 0. The average Bonchev–Trinajstić information content (AvgIpc) is 2.70. The zero-order valence-corrected chi connectivity index (χ0v) is 18.3. The first-order valence-electron chi connectivity index (χ1n) is 8.52. The number of carboxylic acids is 1. The second kappa shape index (κ2) is 9.98. The summed E-state index contributed by atoms with van der Waals surface area (Å²) < 4.78 is 64.5. The number of carbonyl (C=O) groups is 2. The third kappa shape index (κ3) is 6.32. The lowest BCUT2D eigenvalue weighted by molar-refractivity contribution is -0.147. The molecule has 0 heterocycles. The van der Waals surface area contributed by atoms with E-state index in [2.05, 4.69) is 0 Å². The van der Waals surface area contributed by atoms with Crippen molar-refractivity contribution in [3.8, 4) is 11.5 Å². The molecule has 1 N–H and O–H groups in total. The van der Waals surface area contributed by atoms with Gasteiger partial charge in [0.05, 0.1) is 16.4 Å². The summed E-state index contributed by atoms with van der Waals surface area (Å²) in [6, 6.07) is 9.70. The molecule has 0 aliphatic heterocycles. The van der Waals surface area contributed by atoms with Gasteiger partial charge in [-0.25, -0.2) is 26.4 Å². The SMILES string of the molecule is CCOC(=O)C(Oc1cc(S(=O)(=O)Cl)ccc1OCC(=O)O)S(=O)(=O)c1ccccc1. The Bertz CT molecular complexity index is 1160. The molecule has 0 aromatic heterocycles. The Morgan fingerprint density at radius 1 is 1.00 bits per heavy atom. The normalized spacial score (nSPS) is 12.6. The topological polar surface area (TPSA) is 150 Å². The number of halogens is 1. The van der Waals surface area contributed by atoms with Crippen molar-refractivity contribution in [3.05, 3.63) is 48.5 Å². The van der Waals surface area contributed by atoms with Crippen LogP contribution >= 0.6 is 10.7 Å². The van der Waals surface area contributed by atoms with Gasteiger partial charge in [-0.2, -0.15) is 0 Å². The number of hydrogen-bond acceptors (Lipinski definition) is 9. The molecule has 31 heavy (non-hydrogen) atoms. The molecule has 0 aliphatic carbocycles. The fourth-order valence-electron chi connectivity index (χ4n) is 2.29. The number of aliphatic carboxylic acids is 1. The van der Waals surface area contributed by atoms with E-state index in [9.17, 15) is 26.4 Å². The van der Waals surface area contributed by atoms with Crippen LogP contribution in [-0.2, 0) is 33.2 Å². The van der Waals surface area contributed by atoms with Crippen molar-refractivity contribution in [2.45, 2.75) is 22.2 Å². The highest BCUT2D eigenvalue weighted by Gasteiger charge is 2.38. The molecule has 0 spiro atoms. The summed E-state index contributed by atoms with van der Waals surface area (Å²) in [7, 11) is -3.42. The molecule has 168 valence electrons. The van der Waals surface area contributed by atoms with Gasteiger partial charge in [0, 0.05) is 16.7 Å². The van der Waals surface area contributed by atoms with Crippen LogP contribution in [0.5, 0.6) is 11.5 Å². The highest BCUT2D eigenvalue weighted by Crippen LogP contribution is 2.34. The highest BCUT2D eigenvalue weighted by atomic mass is 35.7. The second-order valence-electron chi connectivity index (χ2n) is 5.79. The molecular formula is C18H17ClO10S2. The van der Waals surface area contributed by atoms with Gasteiger partial charge in [-0.1, -0.05) is 18.2 Å². The fraction of sp³-hybridized carbons (Fsp3) is 0.222. The van der Waals surface area contributed by atoms with Gasteiger partial charge < -0.3 is 19.3 Å². The van der Waals surface area contributed by atoms with Crippen molar-refractivity contribution >= 4 is 41.5 Å². The summed E-state index contributed by atoms with van der Waals surface area (Å²) in [5.41, 5.74) is -2.24. The number of sulfone groups is 1. The number of carboxylic acid groups (broad SMARTS) is 1. The van der Waals surface area contributed by atoms with Crippen LogP contribution in [-0.4, -0.2) is 52.5 Å². The van der Waals surface area contributed by atoms with Gasteiger partial charge in [0.15, 0.2) is 18.1 Å². The van der Waals surface area contributed by atoms with E-state index in [4.69, 9.17) is 30.0 Å². The predicted octanol–water partition coefficient (Wildman–Crippen LogP) is 1.82. The molecule has 2 aromatic carbocycles. The maximum Gasteiger partial charge on any atom is 0.363 e. The number of carbonyl (C=O) groups excluding carboxylic acids is 1. The van der Waals surface area contributed by atoms with Gasteiger partial charge in [-0.3, -0.25) is 0 Å². The highest BCUT2D eigenvalue weighted by molar-refractivity contribution is 8.13. The van der Waals surface area contributed by atoms with Crippen LogP contribution in [0, 0.1) is 0 Å². The Morgan fingerprint density at radius 3 is 2.19 bits per heavy atom. The average molecular weight is 493 g/mol. The smallest absolute Gasteiger partial charge is 0.363 e. The van der Waals surface area contributed by atoms with Gasteiger partial charge in [-0.15, -0.1) is 0 Å². The van der Waals surface area contributed by atoms with E-state index >= 15 is 0 Å². The lowest BCUT2D eigenvalue weighted by Crippen LogP contribution is -2.37. The van der Waals surface area contributed by atoms with Gasteiger partial charge in [0.2, 0.25) is 9.84 Å². The standard InChI is InChI=1S/C18H17ClO10S2/c1-2-27-17(22)18(30(23,24)12-6-4-3-5-7-12)29-15-10-13(31(19,25)26)8-9-14(15)28-11-16(20)21/h3-10,18H,2,11H2,1H3,(H,20,21). The van der Waals surface area contributed by atoms with Crippen LogP contribution in [0.15, 0.2) is 58.3 Å². The van der Waals surface area contributed by atoms with Gasteiger partial charge in [-0.05, 0) is 31.2 Å². The predicted molar refractivity (Wildman–Crippen MR) is 107 cm³/mol. The van der Waals surface area contributed by atoms with E-state index in [1.54, 1.807) is 6.07 Å². The summed E-state index contributed by atoms with van der Waals surface area (Å²) in [4.78, 5) is 22.5. The van der Waals surface area contributed by atoms with Crippen molar-refractivity contribution in [1.82, 2.24) is 0 Å². The molecular weight excluding hydrogens is 476 g/mol. The molecule has 0 radical (unpaired) electrons. The zero-order chi connectivity index (χ0) is 23.2. The van der Waals surface area contributed by atoms with Crippen LogP contribution < -0.4 is 9.47 Å². The first kappa shape index (κ1) is 24.4. The molecule has 10 nitrogen and oxygen atoms in total. The molecule has 13 heteroatoms. The molecule has 0 saturated heterocycles. The molecule has 0 fully saturated rings. The Morgan fingerprint density at radius 2 is 1.65 bits per heavy atom. The lowest BCUT2D eigenvalue weighted by Gasteiger charge is -2.20. The van der Waals surface area contributed by atoms with Crippen LogP contribution in [0.2, 0.25) is 0 Å². The van der Waals surface area contributed by atoms with Gasteiger partial charge in [0.1, 0.15) is 0 Å². The lowest BCUT2D eigenvalue weighted by atomic mass is 10.3. The number of rotatable bonds is 10. The van der Waals surface area contributed by atoms with E-state index in [-0.39, 0.29) is 17.3 Å². The Balaban J connectivity index is 2.58. The van der Waals surface area contributed by atoms with E-state index in [1.165, 1.54) is 31.2 Å². The molecule has 1 unspecified atom stereocenters. The maximum atomic E-state index is 13.0. The molecule has 2 rings (SSSR count). The fourth-order valence-corrected chi connectivity index (χ4v) is 4.39. The van der Waals surface area contributed by atoms with E-state index < -0.39 is 53.5 Å². The van der Waals surface area contributed by atoms with Crippen molar-refractivity contribution in [2.75, 3.05) is 13.2 Å². The second-order valence-corrected chi connectivity index (χ2v) is 10.3. The summed E-state index contributed by atoms with van der Waals surface area (Å²) in [5.74, 6) is -3.50. The summed E-state index contributed by atoms with van der Waals surface area (Å²) in [5, 5.41) is 8.81. The number of esters is 1. The van der Waals surface area contributed by atoms with Crippen molar-refractivity contribution in [2.24, 2.45) is 0 Å². The first-order chi connectivity index (χ1) is 14.5. The number of benzene rings is 2. The third-order valence-corrected chi connectivity index (χ3v) is 6.75. The van der Waals surface area contributed by atoms with Crippen LogP contribution in [0.1, 0.15) is 6.92 Å². The molecule has 0 amide bonds. The number of hydrogen-bond donors (Lipinski definition) is 1. The minimum atomic E-state index is -4.47. The number of ether oxygens (including phenoxy) is 3. The summed E-state index contributed by atoms with van der Waals surface area (Å²) >= 11 is 0. The molecule has 0 bridgehead atoms. The van der Waals surface area contributed by atoms with Crippen LogP contribution in [0.3, 0.4) is 0 Å². The largest absolute Gasteiger partial charge is 0.479 e.